The Hall–Kier alpha value is -1.63. The predicted molar refractivity (Wildman–Crippen MR) is 84.9 cm³/mol. The molecular weight excluding hydrogens is 308 g/mol. The number of aryl methyl sites for hydroxylation is 1. The second kappa shape index (κ2) is 9.40. The van der Waals surface area contributed by atoms with E-state index in [9.17, 15) is 9.59 Å². The fraction of sp³-hybridized carbons (Fsp3) is 0.467. The summed E-state index contributed by atoms with van der Waals surface area (Å²) in [4.78, 5) is 23.5. The molecule has 1 aromatic rings. The number of carbonyl (C=O) groups excluding carboxylic acids is 2. The SMILES string of the molecule is CCOC(CNC(=O)C(=O)Nc1ccc(C)c(Cl)c1)OCC. The highest BCUT2D eigenvalue weighted by Gasteiger charge is 2.16. The maximum absolute atomic E-state index is 11.8. The number of benzene rings is 1. The van der Waals surface area contributed by atoms with Gasteiger partial charge in [0.15, 0.2) is 6.29 Å². The van der Waals surface area contributed by atoms with Crippen LogP contribution in [0.25, 0.3) is 0 Å². The largest absolute Gasteiger partial charge is 0.351 e. The quantitative estimate of drug-likeness (QED) is 0.593. The summed E-state index contributed by atoms with van der Waals surface area (Å²) in [5.74, 6) is -1.53. The molecular formula is C15H21ClN2O4. The van der Waals surface area contributed by atoms with Gasteiger partial charge in [0, 0.05) is 23.9 Å². The lowest BCUT2D eigenvalue weighted by Gasteiger charge is -2.17. The molecule has 6 nitrogen and oxygen atoms in total. The van der Waals surface area contributed by atoms with Gasteiger partial charge in [0.25, 0.3) is 0 Å². The number of nitrogens with one attached hydrogen (secondary N) is 2. The number of amides is 2. The molecule has 0 aliphatic heterocycles. The number of rotatable bonds is 7. The molecule has 2 N–H and O–H groups in total. The maximum Gasteiger partial charge on any atom is 0.313 e. The molecule has 0 bridgehead atoms. The van der Waals surface area contributed by atoms with Gasteiger partial charge in [-0.2, -0.15) is 0 Å². The Morgan fingerprint density at radius 2 is 1.82 bits per heavy atom. The van der Waals surface area contributed by atoms with E-state index >= 15 is 0 Å². The van der Waals surface area contributed by atoms with E-state index in [4.69, 9.17) is 21.1 Å². The molecule has 0 fully saturated rings. The summed E-state index contributed by atoms with van der Waals surface area (Å²) < 4.78 is 10.5. The molecule has 0 unspecified atom stereocenters. The minimum Gasteiger partial charge on any atom is -0.351 e. The molecule has 0 saturated heterocycles. The van der Waals surface area contributed by atoms with E-state index in [1.54, 1.807) is 18.2 Å². The lowest BCUT2D eigenvalue weighted by atomic mass is 10.2. The number of halogens is 1. The van der Waals surface area contributed by atoms with Crippen molar-refractivity contribution in [3.05, 3.63) is 28.8 Å². The molecule has 0 saturated carbocycles. The van der Waals surface area contributed by atoms with Crippen LogP contribution in [0, 0.1) is 6.92 Å². The Morgan fingerprint density at radius 1 is 1.18 bits per heavy atom. The molecule has 7 heteroatoms. The van der Waals surface area contributed by atoms with Crippen molar-refractivity contribution in [2.45, 2.75) is 27.1 Å². The Balaban J connectivity index is 2.50. The topological polar surface area (TPSA) is 76.7 Å². The van der Waals surface area contributed by atoms with E-state index in [-0.39, 0.29) is 6.54 Å². The first-order valence-corrected chi connectivity index (χ1v) is 7.44. The molecule has 2 amide bonds. The summed E-state index contributed by atoms with van der Waals surface area (Å²) >= 11 is 5.96. The van der Waals surface area contributed by atoms with Gasteiger partial charge in [-0.1, -0.05) is 17.7 Å². The minimum atomic E-state index is -0.772. The van der Waals surface area contributed by atoms with Crippen LogP contribution in [-0.2, 0) is 19.1 Å². The first-order valence-electron chi connectivity index (χ1n) is 7.06. The first-order chi connectivity index (χ1) is 10.5. The molecule has 22 heavy (non-hydrogen) atoms. The van der Waals surface area contributed by atoms with Crippen molar-refractivity contribution >= 4 is 29.1 Å². The molecule has 0 aliphatic carbocycles. The Morgan fingerprint density at radius 3 is 2.36 bits per heavy atom. The van der Waals surface area contributed by atoms with Crippen LogP contribution in [0.1, 0.15) is 19.4 Å². The summed E-state index contributed by atoms with van der Waals surface area (Å²) in [6.07, 6.45) is -0.569. The highest BCUT2D eigenvalue weighted by molar-refractivity contribution is 6.39. The zero-order valence-corrected chi connectivity index (χ0v) is 13.7. The zero-order valence-electron chi connectivity index (χ0n) is 12.9. The summed E-state index contributed by atoms with van der Waals surface area (Å²) in [6, 6.07) is 5.02. The molecule has 0 heterocycles. The van der Waals surface area contributed by atoms with Crippen LogP contribution in [-0.4, -0.2) is 37.9 Å². The average Bonchev–Trinajstić information content (AvgIpc) is 2.48. The molecule has 0 aliphatic rings. The molecule has 0 spiro atoms. The van der Waals surface area contributed by atoms with Crippen LogP contribution in [0.3, 0.4) is 0 Å². The summed E-state index contributed by atoms with van der Waals surface area (Å²) in [5, 5.41) is 5.46. The lowest BCUT2D eigenvalue weighted by molar-refractivity contribution is -0.145. The summed E-state index contributed by atoms with van der Waals surface area (Å²) in [7, 11) is 0. The van der Waals surface area contributed by atoms with Gasteiger partial charge in [-0.15, -0.1) is 0 Å². The molecule has 122 valence electrons. The minimum absolute atomic E-state index is 0.0998. The number of carbonyl (C=O) groups is 2. The smallest absolute Gasteiger partial charge is 0.313 e. The predicted octanol–water partition coefficient (Wildman–Crippen LogP) is 2.10. The van der Waals surface area contributed by atoms with Crippen LogP contribution >= 0.6 is 11.6 Å². The molecule has 1 rings (SSSR count). The number of hydrogen-bond donors (Lipinski definition) is 2. The second-order valence-electron chi connectivity index (χ2n) is 4.47. The van der Waals surface area contributed by atoms with Crippen molar-refractivity contribution < 1.29 is 19.1 Å². The van der Waals surface area contributed by atoms with Gasteiger partial charge >= 0.3 is 11.8 Å². The highest BCUT2D eigenvalue weighted by atomic mass is 35.5. The van der Waals surface area contributed by atoms with Crippen molar-refractivity contribution in [2.75, 3.05) is 25.1 Å². The maximum atomic E-state index is 11.8. The van der Waals surface area contributed by atoms with Crippen LogP contribution < -0.4 is 10.6 Å². The lowest BCUT2D eigenvalue weighted by Crippen LogP contribution is -2.41. The first kappa shape index (κ1) is 18.4. The van der Waals surface area contributed by atoms with Crippen molar-refractivity contribution in [3.63, 3.8) is 0 Å². The van der Waals surface area contributed by atoms with Gasteiger partial charge in [-0.3, -0.25) is 9.59 Å². The van der Waals surface area contributed by atoms with E-state index < -0.39 is 18.1 Å². The van der Waals surface area contributed by atoms with Crippen LogP contribution in [0.2, 0.25) is 5.02 Å². The van der Waals surface area contributed by atoms with Gasteiger partial charge < -0.3 is 20.1 Å². The van der Waals surface area contributed by atoms with Gasteiger partial charge in [-0.25, -0.2) is 0 Å². The Labute approximate surface area is 135 Å². The number of ether oxygens (including phenoxy) is 2. The van der Waals surface area contributed by atoms with Gasteiger partial charge in [-0.05, 0) is 38.5 Å². The van der Waals surface area contributed by atoms with Crippen molar-refractivity contribution in [1.82, 2.24) is 5.32 Å². The van der Waals surface area contributed by atoms with Crippen LogP contribution in [0.15, 0.2) is 18.2 Å². The van der Waals surface area contributed by atoms with Crippen LogP contribution in [0.5, 0.6) is 0 Å². The third kappa shape index (κ3) is 6.01. The fourth-order valence-electron chi connectivity index (χ4n) is 1.65. The van der Waals surface area contributed by atoms with Crippen LogP contribution in [0.4, 0.5) is 5.69 Å². The molecule has 1 aromatic carbocycles. The monoisotopic (exact) mass is 328 g/mol. The summed E-state index contributed by atoms with van der Waals surface area (Å²) in [5.41, 5.74) is 1.35. The highest BCUT2D eigenvalue weighted by Crippen LogP contribution is 2.19. The normalized spacial score (nSPS) is 10.6. The van der Waals surface area contributed by atoms with E-state index in [0.717, 1.165) is 5.56 Å². The molecule has 0 atom stereocenters. The van der Waals surface area contributed by atoms with Crippen molar-refractivity contribution in [2.24, 2.45) is 0 Å². The third-order valence-electron chi connectivity index (χ3n) is 2.77. The molecule has 0 radical (unpaired) electrons. The Bertz CT molecular complexity index is 516. The Kier molecular flexibility index (Phi) is 7.87. The third-order valence-corrected chi connectivity index (χ3v) is 3.18. The van der Waals surface area contributed by atoms with Gasteiger partial charge in [0.1, 0.15) is 0 Å². The average molecular weight is 329 g/mol. The fourth-order valence-corrected chi connectivity index (χ4v) is 1.83. The van der Waals surface area contributed by atoms with Crippen molar-refractivity contribution in [3.8, 4) is 0 Å². The van der Waals surface area contributed by atoms with E-state index in [2.05, 4.69) is 10.6 Å². The van der Waals surface area contributed by atoms with E-state index in [1.807, 2.05) is 20.8 Å². The van der Waals surface area contributed by atoms with E-state index in [0.29, 0.717) is 23.9 Å². The number of hydrogen-bond acceptors (Lipinski definition) is 4. The summed E-state index contributed by atoms with van der Waals surface area (Å²) in [6.45, 7) is 6.50. The zero-order chi connectivity index (χ0) is 16.5. The standard InChI is InChI=1S/C15H21ClN2O4/c1-4-21-13(22-5-2)9-17-14(19)15(20)18-11-7-6-10(3)12(16)8-11/h6-8,13H,4-5,9H2,1-3H3,(H,17,19)(H,18,20). The molecule has 0 aromatic heterocycles. The van der Waals surface area contributed by atoms with Gasteiger partial charge in [0.2, 0.25) is 0 Å². The number of anilines is 1. The second-order valence-corrected chi connectivity index (χ2v) is 4.88. The van der Waals surface area contributed by atoms with E-state index in [1.165, 1.54) is 0 Å². The van der Waals surface area contributed by atoms with Crippen molar-refractivity contribution in [1.29, 1.82) is 0 Å². The van der Waals surface area contributed by atoms with Gasteiger partial charge in [0.05, 0.1) is 6.54 Å².